The number of nitrogens with one attached hydrogen (secondary N) is 1. The minimum absolute atomic E-state index is 0.0312. The molecule has 2 heterocycles. The predicted octanol–water partition coefficient (Wildman–Crippen LogP) is 4.84. The largest absolute Gasteiger partial charge is 0.485 e. The average Bonchev–Trinajstić information content (AvgIpc) is 3.20. The van der Waals surface area contributed by atoms with Gasteiger partial charge in [0.15, 0.2) is 11.5 Å². The summed E-state index contributed by atoms with van der Waals surface area (Å²) in [5.41, 5.74) is 1.73. The first-order valence-electron chi connectivity index (χ1n) is 11.5. The first-order chi connectivity index (χ1) is 17.3. The Bertz CT molecular complexity index is 1380. The quantitative estimate of drug-likeness (QED) is 0.528. The summed E-state index contributed by atoms with van der Waals surface area (Å²) in [5.74, 6) is -6.40. The molecule has 1 amide bonds. The van der Waals surface area contributed by atoms with Gasteiger partial charge in [-0.25, -0.2) is 13.6 Å². The number of ether oxygens (including phenoxy) is 3. The van der Waals surface area contributed by atoms with Crippen LogP contribution in [0.3, 0.4) is 0 Å². The molecule has 0 saturated heterocycles. The maximum absolute atomic E-state index is 14.8. The molecule has 7 nitrogen and oxygen atoms in total. The summed E-state index contributed by atoms with van der Waals surface area (Å²) >= 11 is 0. The van der Waals surface area contributed by atoms with Gasteiger partial charge in [0.25, 0.3) is 5.92 Å². The average molecular weight is 493 g/mol. The number of amides is 1. The summed E-state index contributed by atoms with van der Waals surface area (Å²) in [7, 11) is 0. The van der Waals surface area contributed by atoms with Crippen molar-refractivity contribution >= 4 is 11.9 Å². The van der Waals surface area contributed by atoms with Crippen molar-refractivity contribution in [3.8, 4) is 17.2 Å². The molecule has 1 aliphatic carbocycles. The second kappa shape index (κ2) is 8.22. The molecule has 0 spiro atoms. The molecule has 184 valence electrons. The second-order valence-corrected chi connectivity index (χ2v) is 9.11. The monoisotopic (exact) mass is 493 g/mol. The number of aromatic carboxylic acids is 1. The van der Waals surface area contributed by atoms with Crippen molar-refractivity contribution in [3.05, 3.63) is 89.0 Å². The highest BCUT2D eigenvalue weighted by molar-refractivity contribution is 5.88. The fourth-order valence-corrected chi connectivity index (χ4v) is 5.07. The van der Waals surface area contributed by atoms with Gasteiger partial charge in [-0.2, -0.15) is 0 Å². The van der Waals surface area contributed by atoms with Crippen molar-refractivity contribution in [1.82, 2.24) is 5.32 Å². The molecule has 3 aliphatic rings. The van der Waals surface area contributed by atoms with E-state index in [-0.39, 0.29) is 18.8 Å². The lowest BCUT2D eigenvalue weighted by Crippen LogP contribution is -2.35. The number of carbonyl (C=O) groups is 2. The molecule has 0 aromatic heterocycles. The van der Waals surface area contributed by atoms with E-state index < -0.39 is 41.8 Å². The zero-order valence-electron chi connectivity index (χ0n) is 18.8. The first-order valence-corrected chi connectivity index (χ1v) is 11.5. The summed E-state index contributed by atoms with van der Waals surface area (Å²) in [4.78, 5) is 24.6. The fourth-order valence-electron chi connectivity index (χ4n) is 5.07. The summed E-state index contributed by atoms with van der Waals surface area (Å²) < 4.78 is 46.3. The number of hydrogen-bond donors (Lipinski definition) is 2. The molecular formula is C27H21F2NO6. The van der Waals surface area contributed by atoms with Crippen LogP contribution in [-0.4, -0.2) is 29.7 Å². The third kappa shape index (κ3) is 3.71. The van der Waals surface area contributed by atoms with Crippen molar-refractivity contribution in [2.45, 2.75) is 30.4 Å². The van der Waals surface area contributed by atoms with Crippen LogP contribution in [0.5, 0.6) is 17.2 Å². The zero-order valence-corrected chi connectivity index (χ0v) is 18.8. The van der Waals surface area contributed by atoms with E-state index in [1.807, 2.05) is 0 Å². The number of carbonyl (C=O) groups excluding carboxylic acids is 1. The number of alkyl halides is 2. The molecule has 3 aromatic rings. The third-order valence-electron chi connectivity index (χ3n) is 6.93. The van der Waals surface area contributed by atoms with Crippen LogP contribution < -0.4 is 19.5 Å². The van der Waals surface area contributed by atoms with Crippen molar-refractivity contribution < 1.29 is 37.7 Å². The van der Waals surface area contributed by atoms with E-state index in [2.05, 4.69) is 5.32 Å². The van der Waals surface area contributed by atoms with E-state index in [4.69, 9.17) is 14.2 Å². The number of fused-ring (bicyclic) bond motifs is 2. The number of benzene rings is 3. The fraction of sp³-hybridized carbons (Fsp3) is 0.259. The Morgan fingerprint density at radius 2 is 1.72 bits per heavy atom. The molecule has 1 saturated carbocycles. The number of rotatable bonds is 5. The van der Waals surface area contributed by atoms with E-state index in [1.54, 1.807) is 42.5 Å². The van der Waals surface area contributed by atoms with Gasteiger partial charge in [-0.05, 0) is 41.5 Å². The Morgan fingerprint density at radius 1 is 0.917 bits per heavy atom. The van der Waals surface area contributed by atoms with Gasteiger partial charge in [0.2, 0.25) is 12.7 Å². The molecule has 0 radical (unpaired) electrons. The van der Waals surface area contributed by atoms with Crippen LogP contribution in [0.15, 0.2) is 66.7 Å². The molecular weight excluding hydrogens is 472 g/mol. The van der Waals surface area contributed by atoms with Gasteiger partial charge < -0.3 is 24.6 Å². The number of halogens is 2. The summed E-state index contributed by atoms with van der Waals surface area (Å²) in [6.45, 7) is 0.0312. The standard InChI is InChI=1S/C27H21F2NO6/c28-27(29)23(15-8-9-20-22(11-15)35-13-34-20)24(27)25(31)30-18-12-21(36-19-7-2-1-6-17(18)19)14-4-3-5-16(10-14)26(32)33/h1-11,18,21,23-24H,12-13H2,(H,30,31)(H,32,33)/t18-,21+,23?,24?/m0/s1. The van der Waals surface area contributed by atoms with Gasteiger partial charge in [-0.3, -0.25) is 4.79 Å². The summed E-state index contributed by atoms with van der Waals surface area (Å²) in [6.07, 6.45) is -0.299. The molecule has 2 aliphatic heterocycles. The van der Waals surface area contributed by atoms with Crippen molar-refractivity contribution in [1.29, 1.82) is 0 Å². The van der Waals surface area contributed by atoms with Gasteiger partial charge in [0, 0.05) is 12.0 Å². The van der Waals surface area contributed by atoms with Crippen LogP contribution >= 0.6 is 0 Å². The molecule has 3 aromatic carbocycles. The van der Waals surface area contributed by atoms with E-state index in [0.29, 0.717) is 33.9 Å². The van der Waals surface area contributed by atoms with E-state index >= 15 is 0 Å². The van der Waals surface area contributed by atoms with Gasteiger partial charge in [-0.1, -0.05) is 36.4 Å². The molecule has 36 heavy (non-hydrogen) atoms. The Labute approximate surface area is 204 Å². The van der Waals surface area contributed by atoms with Gasteiger partial charge in [0.05, 0.1) is 17.5 Å². The molecule has 2 unspecified atom stereocenters. The molecule has 6 rings (SSSR count). The SMILES string of the molecule is O=C(O)c1cccc([C@H]2C[C@H](NC(=O)C3C(c4ccc5c(c4)OCO5)C3(F)F)c3ccccc3O2)c1. The van der Waals surface area contributed by atoms with Crippen LogP contribution in [0, 0.1) is 5.92 Å². The lowest BCUT2D eigenvalue weighted by molar-refractivity contribution is -0.125. The second-order valence-electron chi connectivity index (χ2n) is 9.11. The van der Waals surface area contributed by atoms with E-state index in [0.717, 1.165) is 0 Å². The maximum atomic E-state index is 14.8. The van der Waals surface area contributed by atoms with E-state index in [1.165, 1.54) is 24.3 Å². The smallest absolute Gasteiger partial charge is 0.335 e. The Kier molecular flexibility index (Phi) is 5.10. The van der Waals surface area contributed by atoms with Crippen LogP contribution in [0.4, 0.5) is 8.78 Å². The molecule has 0 bridgehead atoms. The lowest BCUT2D eigenvalue weighted by atomic mass is 9.92. The molecule has 2 N–H and O–H groups in total. The lowest BCUT2D eigenvalue weighted by Gasteiger charge is -2.33. The first kappa shape index (κ1) is 22.3. The third-order valence-corrected chi connectivity index (χ3v) is 6.93. The van der Waals surface area contributed by atoms with Crippen molar-refractivity contribution in [2.75, 3.05) is 6.79 Å². The van der Waals surface area contributed by atoms with Gasteiger partial charge >= 0.3 is 5.97 Å². The van der Waals surface area contributed by atoms with Crippen LogP contribution in [0.25, 0.3) is 0 Å². The Balaban J connectivity index is 1.25. The minimum Gasteiger partial charge on any atom is -0.485 e. The van der Waals surface area contributed by atoms with Crippen molar-refractivity contribution in [2.24, 2.45) is 5.92 Å². The van der Waals surface area contributed by atoms with Gasteiger partial charge in [0.1, 0.15) is 17.8 Å². The predicted molar refractivity (Wildman–Crippen MR) is 122 cm³/mol. The molecule has 4 atom stereocenters. The minimum atomic E-state index is -3.20. The highest BCUT2D eigenvalue weighted by Gasteiger charge is 2.72. The highest BCUT2D eigenvalue weighted by atomic mass is 19.3. The summed E-state index contributed by atoms with van der Waals surface area (Å²) in [6, 6.07) is 17.5. The Morgan fingerprint density at radius 3 is 2.56 bits per heavy atom. The molecule has 9 heteroatoms. The summed E-state index contributed by atoms with van der Waals surface area (Å²) in [5, 5.41) is 12.2. The van der Waals surface area contributed by atoms with E-state index in [9.17, 15) is 23.5 Å². The Hall–Kier alpha value is -4.14. The zero-order chi connectivity index (χ0) is 25.0. The van der Waals surface area contributed by atoms with Crippen molar-refractivity contribution in [3.63, 3.8) is 0 Å². The number of carboxylic acid groups (broad SMARTS) is 1. The maximum Gasteiger partial charge on any atom is 0.335 e. The van der Waals surface area contributed by atoms with Crippen LogP contribution in [-0.2, 0) is 4.79 Å². The molecule has 1 fully saturated rings. The topological polar surface area (TPSA) is 94.1 Å². The number of para-hydroxylation sites is 1. The highest BCUT2D eigenvalue weighted by Crippen LogP contribution is 2.62. The number of carboxylic acids is 1. The van der Waals surface area contributed by atoms with Gasteiger partial charge in [-0.15, -0.1) is 0 Å². The van der Waals surface area contributed by atoms with Crippen LogP contribution in [0.2, 0.25) is 0 Å². The normalized spacial score (nSPS) is 24.8. The number of hydrogen-bond acceptors (Lipinski definition) is 5. The van der Waals surface area contributed by atoms with Crippen LogP contribution in [0.1, 0.15) is 51.5 Å².